The maximum atomic E-state index is 14.9. The van der Waals surface area contributed by atoms with E-state index in [9.17, 15) is 82.5 Å². The summed E-state index contributed by atoms with van der Waals surface area (Å²) in [5.74, 6) is -8.72. The van der Waals surface area contributed by atoms with Gasteiger partial charge in [-0.1, -0.05) is 12.8 Å². The minimum atomic E-state index is -5.47. The van der Waals surface area contributed by atoms with Gasteiger partial charge in [-0.3, -0.25) is 14.4 Å². The Hall–Kier alpha value is -6.84. The van der Waals surface area contributed by atoms with E-state index in [-0.39, 0.29) is 103 Å². The normalized spacial score (nSPS) is 25.3. The van der Waals surface area contributed by atoms with Crippen molar-refractivity contribution in [1.29, 1.82) is 5.26 Å². The number of amides is 3. The molecule has 19 nitrogen and oxygen atoms in total. The lowest BCUT2D eigenvalue weighted by molar-refractivity contribution is -0.732. The van der Waals surface area contributed by atoms with Gasteiger partial charge in [0.15, 0.2) is 5.69 Å². The van der Waals surface area contributed by atoms with Gasteiger partial charge in [-0.05, 0) is 113 Å². The standard InChI is InChI=1S/C48H52F12N12O7/c49-45(50,51)28-19-30(62)35-37-67-68-41(78-37)43(76,47(55,56)57)15-3-1-5-18-71(38(74)33(28)65-35)27-13-9-25(10-14-27)22-64-32(73)23-72-40-36-31(63)20-29(46(52,53)54)34(66-36)39(75)70(26-11-7-24(21-61)8-12-26)17-6-2-4-16-44(77,48(58,59)60)42(69-72)79-40/h19-20,24-27,63,76-77H,1-18,22-23H2,(H3,62,64,67,73,74)/p+1/t24?,25?,26?,27?,43-,44-/m1/s1. The quantitative estimate of drug-likeness (QED) is 0.0915. The zero-order chi connectivity index (χ0) is 57.6. The number of carbonyl (C=O) groups is 3. The fraction of sp³-hybridized carbons (Fsp3) is 0.625. The van der Waals surface area contributed by atoms with E-state index in [4.69, 9.17) is 20.3 Å². The molecule has 79 heavy (non-hydrogen) atoms. The summed E-state index contributed by atoms with van der Waals surface area (Å²) in [5.41, 5.74) is -4.27. The fourth-order valence-electron chi connectivity index (χ4n) is 10.6. The lowest BCUT2D eigenvalue weighted by atomic mass is 9.85. The van der Waals surface area contributed by atoms with Crippen molar-refractivity contribution in [3.63, 3.8) is 0 Å². The first kappa shape index (κ1) is 58.3. The molecule has 430 valence electrons. The number of pyridine rings is 2. The molecule has 0 unspecified atom stereocenters. The summed E-state index contributed by atoms with van der Waals surface area (Å²) in [7, 11) is 0. The second kappa shape index (κ2) is 22.0. The van der Waals surface area contributed by atoms with Crippen molar-refractivity contribution in [2.24, 2.45) is 11.8 Å². The Morgan fingerprint density at radius 3 is 1.66 bits per heavy atom. The molecule has 0 radical (unpaired) electrons. The predicted octanol–water partition coefficient (Wildman–Crippen LogP) is 7.66. The number of rotatable bonds is 6. The number of aliphatic hydroxyl groups is 2. The van der Waals surface area contributed by atoms with Crippen molar-refractivity contribution in [2.45, 2.75) is 157 Å². The SMILES string of the molecule is N#CC1CCC(N2CCCCC[C@](O)(C(F)(F)F)c3n[n+](CC(=O)NCC4CCC(N5CCCCC[C@](O)(C(F)(F)F)c6nnc(o6)-c6nc(c(C(F)(F)F)cc6N)C5=O)CC4)c(o3)-c3nc(c(C(F)(F)F)cc3N)C2=O)CC1. The summed E-state index contributed by atoms with van der Waals surface area (Å²) >= 11 is 0. The van der Waals surface area contributed by atoms with Crippen LogP contribution in [-0.4, -0.2) is 107 Å². The highest BCUT2D eigenvalue weighted by atomic mass is 19.4. The number of anilines is 2. The summed E-state index contributed by atoms with van der Waals surface area (Å²) in [5, 5.41) is 44.7. The first-order valence-electron chi connectivity index (χ1n) is 25.3. The van der Waals surface area contributed by atoms with E-state index >= 15 is 0 Å². The van der Waals surface area contributed by atoms with E-state index in [1.54, 1.807) is 0 Å². The zero-order valence-electron chi connectivity index (χ0n) is 41.8. The van der Waals surface area contributed by atoms with Gasteiger partial charge in [0.25, 0.3) is 36.0 Å². The first-order valence-corrected chi connectivity index (χ1v) is 25.3. The van der Waals surface area contributed by atoms with Gasteiger partial charge in [0.1, 0.15) is 11.4 Å². The Labute approximate surface area is 440 Å². The van der Waals surface area contributed by atoms with Gasteiger partial charge < -0.3 is 45.6 Å². The molecule has 2 aliphatic carbocycles. The van der Waals surface area contributed by atoms with E-state index in [0.29, 0.717) is 29.7 Å². The summed E-state index contributed by atoms with van der Waals surface area (Å²) in [6.07, 6.45) is -22.5. The second-order valence-corrected chi connectivity index (χ2v) is 20.4. The minimum Gasteiger partial charge on any atom is -0.416 e. The molecule has 2 atom stereocenters. The summed E-state index contributed by atoms with van der Waals surface area (Å²) in [6, 6.07) is 1.36. The predicted molar refractivity (Wildman–Crippen MR) is 245 cm³/mol. The number of nitrogens with one attached hydrogen (secondary N) is 1. The van der Waals surface area contributed by atoms with Crippen LogP contribution in [0.4, 0.5) is 64.1 Å². The van der Waals surface area contributed by atoms with E-state index < -0.39 is 160 Å². The van der Waals surface area contributed by atoms with Crippen molar-refractivity contribution in [2.75, 3.05) is 31.1 Å². The average Bonchev–Trinajstić information content (AvgIpc) is 4.15. The Bertz CT molecular complexity index is 2960. The summed E-state index contributed by atoms with van der Waals surface area (Å²) in [4.78, 5) is 52.4. The molecule has 3 amide bonds. The lowest BCUT2D eigenvalue weighted by Gasteiger charge is -2.37. The molecule has 0 spiro atoms. The Kier molecular flexibility index (Phi) is 16.2. The maximum absolute atomic E-state index is 14.9. The van der Waals surface area contributed by atoms with Gasteiger partial charge in [-0.25, -0.2) is 9.97 Å². The number of hydrogen-bond acceptors (Lipinski definition) is 15. The van der Waals surface area contributed by atoms with Gasteiger partial charge in [0, 0.05) is 42.7 Å². The van der Waals surface area contributed by atoms with Crippen LogP contribution >= 0.6 is 0 Å². The first-order chi connectivity index (χ1) is 36.9. The number of nitrogens with two attached hydrogens (primary N) is 2. The van der Waals surface area contributed by atoms with Gasteiger partial charge in [0.2, 0.25) is 16.9 Å². The van der Waals surface area contributed by atoms with Crippen LogP contribution < -0.4 is 21.5 Å². The van der Waals surface area contributed by atoms with Crippen molar-refractivity contribution >= 4 is 29.1 Å². The number of aromatic nitrogens is 6. The second-order valence-electron chi connectivity index (χ2n) is 20.4. The van der Waals surface area contributed by atoms with Crippen LogP contribution in [0.25, 0.3) is 23.2 Å². The number of fused-ring (bicyclic) bond motifs is 10. The van der Waals surface area contributed by atoms with Crippen molar-refractivity contribution in [3.05, 3.63) is 46.4 Å². The lowest BCUT2D eigenvalue weighted by Crippen LogP contribution is -2.49. The summed E-state index contributed by atoms with van der Waals surface area (Å²) in [6.45, 7) is -1.66. The van der Waals surface area contributed by atoms with Crippen LogP contribution in [0.3, 0.4) is 0 Å². The monoisotopic (exact) mass is 1140 g/mol. The Balaban J connectivity index is 1.04. The Morgan fingerprint density at radius 1 is 0.684 bits per heavy atom. The fourth-order valence-corrected chi connectivity index (χ4v) is 10.6. The highest BCUT2D eigenvalue weighted by Crippen LogP contribution is 2.46. The molecule has 0 saturated heterocycles. The third kappa shape index (κ3) is 11.9. The van der Waals surface area contributed by atoms with Crippen LogP contribution in [0, 0.1) is 23.2 Å². The van der Waals surface area contributed by atoms with E-state index in [1.165, 1.54) is 0 Å². The van der Waals surface area contributed by atoms with Crippen molar-refractivity contribution in [1.82, 2.24) is 40.4 Å². The molecule has 2 saturated carbocycles. The van der Waals surface area contributed by atoms with Crippen LogP contribution in [0.1, 0.15) is 147 Å². The van der Waals surface area contributed by atoms with E-state index in [0.717, 1.165) is 9.80 Å². The summed E-state index contributed by atoms with van der Waals surface area (Å²) < 4.78 is 186. The van der Waals surface area contributed by atoms with E-state index in [1.807, 2.05) is 0 Å². The number of carbonyl (C=O) groups excluding carboxylic acids is 3. The Morgan fingerprint density at radius 2 is 1.16 bits per heavy atom. The third-order valence-electron chi connectivity index (χ3n) is 15.1. The number of hydrogen-bond donors (Lipinski definition) is 5. The van der Waals surface area contributed by atoms with Gasteiger partial charge in [0.05, 0.1) is 28.6 Å². The highest BCUT2D eigenvalue weighted by molar-refractivity contribution is 5.96. The molecule has 31 heteroatoms. The van der Waals surface area contributed by atoms with Gasteiger partial charge >= 0.3 is 36.5 Å². The van der Waals surface area contributed by atoms with Crippen LogP contribution in [0.5, 0.6) is 0 Å². The molecular weight excluding hydrogens is 1080 g/mol. The molecule has 4 aliphatic rings. The number of nitrogen functional groups attached to an aromatic ring is 2. The molecule has 8 bridgehead atoms. The number of halogens is 12. The number of alkyl halides is 12. The van der Waals surface area contributed by atoms with Gasteiger partial charge in [-0.2, -0.15) is 57.9 Å². The topological polar surface area (TPSA) is 281 Å². The highest BCUT2D eigenvalue weighted by Gasteiger charge is 2.61. The largest absolute Gasteiger partial charge is 0.429 e. The van der Waals surface area contributed by atoms with Crippen molar-refractivity contribution in [3.8, 4) is 29.2 Å². The number of nitriles is 1. The smallest absolute Gasteiger partial charge is 0.416 e. The van der Waals surface area contributed by atoms with Crippen LogP contribution in [0.15, 0.2) is 21.0 Å². The maximum Gasteiger partial charge on any atom is 0.429 e. The van der Waals surface area contributed by atoms with Crippen LogP contribution in [0.2, 0.25) is 0 Å². The molecule has 2 aliphatic heterocycles. The average molecular weight is 1140 g/mol. The van der Waals surface area contributed by atoms with Gasteiger partial charge in [-0.15, -0.1) is 10.2 Å². The third-order valence-corrected chi connectivity index (χ3v) is 15.1. The minimum absolute atomic E-state index is 0.00557. The van der Waals surface area contributed by atoms with Crippen molar-refractivity contribution < 1.29 is 90.8 Å². The molecule has 7 N–H and O–H groups in total. The molecule has 8 rings (SSSR count). The molecule has 2 fully saturated rings. The molecule has 0 aromatic carbocycles. The van der Waals surface area contributed by atoms with E-state index in [2.05, 4.69) is 36.7 Å². The number of nitrogens with zero attached hydrogens (tertiary/aromatic N) is 9. The molecular formula is C48H53F12N12O7+. The van der Waals surface area contributed by atoms with Crippen LogP contribution in [-0.2, 0) is 34.9 Å². The zero-order valence-corrected chi connectivity index (χ0v) is 41.8. The molecule has 4 aromatic heterocycles. The molecule has 4 aromatic rings. The molecule has 6 heterocycles.